The maximum absolute atomic E-state index is 12.4. The van der Waals surface area contributed by atoms with Crippen LogP contribution in [0.15, 0.2) is 41.8 Å². The van der Waals surface area contributed by atoms with Crippen molar-refractivity contribution >= 4 is 23.4 Å². The van der Waals surface area contributed by atoms with Crippen LogP contribution in [-0.2, 0) is 11.3 Å². The highest BCUT2D eigenvalue weighted by atomic mass is 32.2. The third-order valence-corrected chi connectivity index (χ3v) is 5.16. The van der Waals surface area contributed by atoms with Crippen LogP contribution in [0.25, 0.3) is 0 Å². The average Bonchev–Trinajstić information content (AvgIpc) is 3.31. The maximum atomic E-state index is 12.4. The molecule has 0 saturated heterocycles. The van der Waals surface area contributed by atoms with Crippen molar-refractivity contribution in [2.75, 3.05) is 31.8 Å². The molecule has 2 aromatic rings. The lowest BCUT2D eigenvalue weighted by molar-refractivity contribution is -0.127. The summed E-state index contributed by atoms with van der Waals surface area (Å²) in [5, 5.41) is 0.953. The van der Waals surface area contributed by atoms with E-state index < -0.39 is 0 Å². The number of carbonyl (C=O) groups is 1. The summed E-state index contributed by atoms with van der Waals surface area (Å²) in [5.41, 5.74) is 2.30. The minimum atomic E-state index is 0.127. The number of hydrogen-bond acceptors (Lipinski definition) is 4. The molecule has 1 aromatic heterocycles. The van der Waals surface area contributed by atoms with E-state index in [4.69, 9.17) is 0 Å². The fourth-order valence-corrected chi connectivity index (χ4v) is 3.51. The van der Waals surface area contributed by atoms with Gasteiger partial charge < -0.3 is 14.4 Å². The monoisotopic (exact) mass is 344 g/mol. The van der Waals surface area contributed by atoms with Gasteiger partial charge in [-0.2, -0.15) is 0 Å². The van der Waals surface area contributed by atoms with E-state index in [0.29, 0.717) is 18.3 Å². The molecule has 0 N–H and O–H groups in total. The van der Waals surface area contributed by atoms with Crippen LogP contribution in [0.4, 0.5) is 5.69 Å². The van der Waals surface area contributed by atoms with Crippen molar-refractivity contribution in [3.05, 3.63) is 42.2 Å². The van der Waals surface area contributed by atoms with Gasteiger partial charge in [0, 0.05) is 51.8 Å². The lowest BCUT2D eigenvalue weighted by atomic mass is 10.2. The quantitative estimate of drug-likeness (QED) is 0.724. The zero-order chi connectivity index (χ0) is 17.1. The molecule has 5 nitrogen and oxygen atoms in total. The fourth-order valence-electron chi connectivity index (χ4n) is 2.54. The summed E-state index contributed by atoms with van der Waals surface area (Å²) in [5.74, 6) is 0.553. The summed E-state index contributed by atoms with van der Waals surface area (Å²) in [6, 6.07) is 8.90. The van der Waals surface area contributed by atoms with E-state index in [1.807, 2.05) is 33.5 Å². The van der Waals surface area contributed by atoms with Crippen molar-refractivity contribution < 1.29 is 4.79 Å². The number of nitrogens with zero attached hydrogens (tertiary/aromatic N) is 4. The number of hydrogen-bond donors (Lipinski definition) is 0. The van der Waals surface area contributed by atoms with Gasteiger partial charge in [0.1, 0.15) is 0 Å². The molecule has 1 aromatic carbocycles. The Morgan fingerprint density at radius 3 is 2.58 bits per heavy atom. The molecule has 0 atom stereocenters. The van der Waals surface area contributed by atoms with Crippen molar-refractivity contribution in [1.82, 2.24) is 14.5 Å². The van der Waals surface area contributed by atoms with Gasteiger partial charge in [-0.05, 0) is 30.5 Å². The van der Waals surface area contributed by atoms with Crippen LogP contribution in [0.3, 0.4) is 0 Å². The Bertz CT molecular complexity index is 691. The summed E-state index contributed by atoms with van der Waals surface area (Å²) in [6.07, 6.45) is 6.28. The zero-order valence-corrected chi connectivity index (χ0v) is 15.3. The van der Waals surface area contributed by atoms with Gasteiger partial charge in [0.05, 0.1) is 5.75 Å². The number of anilines is 1. The highest BCUT2D eigenvalue weighted by molar-refractivity contribution is 7.99. The summed E-state index contributed by atoms with van der Waals surface area (Å²) in [4.78, 5) is 20.6. The van der Waals surface area contributed by atoms with Gasteiger partial charge in [0.25, 0.3) is 0 Å². The predicted octanol–water partition coefficient (Wildman–Crippen LogP) is 3.03. The molecular formula is C18H24N4OS. The molecule has 0 bridgehead atoms. The third kappa shape index (κ3) is 4.12. The summed E-state index contributed by atoms with van der Waals surface area (Å²) in [6.45, 7) is 0.629. The minimum absolute atomic E-state index is 0.127. The summed E-state index contributed by atoms with van der Waals surface area (Å²) >= 11 is 1.53. The lowest BCUT2D eigenvalue weighted by Gasteiger charge is -2.18. The Hall–Kier alpha value is -1.95. The molecular weight excluding hydrogens is 320 g/mol. The Morgan fingerprint density at radius 2 is 1.96 bits per heavy atom. The van der Waals surface area contributed by atoms with E-state index in [1.54, 1.807) is 4.90 Å². The molecule has 24 heavy (non-hydrogen) atoms. The van der Waals surface area contributed by atoms with Gasteiger partial charge in [0.15, 0.2) is 5.16 Å². The number of thioether (sulfide) groups is 1. The lowest BCUT2D eigenvalue weighted by Crippen LogP contribution is -2.27. The van der Waals surface area contributed by atoms with Crippen molar-refractivity contribution in [2.24, 2.45) is 0 Å². The number of amides is 1. The Balaban J connectivity index is 1.51. The molecule has 0 aliphatic heterocycles. The maximum Gasteiger partial charge on any atom is 0.233 e. The first-order valence-corrected chi connectivity index (χ1v) is 9.19. The minimum Gasteiger partial charge on any atom is -0.378 e. The molecule has 1 saturated carbocycles. The smallest absolute Gasteiger partial charge is 0.233 e. The fraction of sp³-hybridized carbons (Fsp3) is 0.444. The van der Waals surface area contributed by atoms with Gasteiger partial charge in [-0.1, -0.05) is 23.9 Å². The van der Waals surface area contributed by atoms with E-state index in [2.05, 4.69) is 38.7 Å². The first kappa shape index (κ1) is 16.9. The number of carbonyl (C=O) groups excluding carboxylic acids is 1. The Kier molecular flexibility index (Phi) is 5.14. The first-order chi connectivity index (χ1) is 11.5. The zero-order valence-electron chi connectivity index (χ0n) is 14.5. The Labute approximate surface area is 147 Å². The standard InChI is InChI=1S/C18H24N4OS/c1-20(2)15-6-4-14(5-7-15)12-21(3)17(23)13-24-18-19-10-11-22(18)16-8-9-16/h4-7,10-11,16H,8-9,12-13H2,1-3H3. The molecule has 128 valence electrons. The number of rotatable bonds is 7. The van der Waals surface area contributed by atoms with Gasteiger partial charge in [-0.15, -0.1) is 0 Å². The molecule has 1 aliphatic carbocycles. The highest BCUT2D eigenvalue weighted by Gasteiger charge is 2.25. The van der Waals surface area contributed by atoms with E-state index in [0.717, 1.165) is 16.4 Å². The topological polar surface area (TPSA) is 41.4 Å². The summed E-state index contributed by atoms with van der Waals surface area (Å²) < 4.78 is 2.19. The van der Waals surface area contributed by atoms with Crippen LogP contribution in [-0.4, -0.2) is 47.3 Å². The van der Waals surface area contributed by atoms with Crippen LogP contribution < -0.4 is 4.90 Å². The molecule has 0 spiro atoms. The molecule has 3 rings (SSSR count). The number of aromatic nitrogens is 2. The van der Waals surface area contributed by atoms with Crippen molar-refractivity contribution in [2.45, 2.75) is 30.6 Å². The second-order valence-electron chi connectivity index (χ2n) is 6.45. The van der Waals surface area contributed by atoms with E-state index in [1.165, 1.54) is 24.6 Å². The van der Waals surface area contributed by atoms with Gasteiger partial charge in [-0.3, -0.25) is 4.79 Å². The predicted molar refractivity (Wildman–Crippen MR) is 98.5 cm³/mol. The van der Waals surface area contributed by atoms with Crippen LogP contribution >= 0.6 is 11.8 Å². The van der Waals surface area contributed by atoms with Crippen molar-refractivity contribution in [3.8, 4) is 0 Å². The highest BCUT2D eigenvalue weighted by Crippen LogP contribution is 2.37. The van der Waals surface area contributed by atoms with Crippen molar-refractivity contribution in [3.63, 3.8) is 0 Å². The van der Waals surface area contributed by atoms with E-state index in [-0.39, 0.29) is 5.91 Å². The van der Waals surface area contributed by atoms with Crippen molar-refractivity contribution in [1.29, 1.82) is 0 Å². The molecule has 0 radical (unpaired) electrons. The van der Waals surface area contributed by atoms with Crippen LogP contribution in [0, 0.1) is 0 Å². The van der Waals surface area contributed by atoms with Crippen LogP contribution in [0.1, 0.15) is 24.4 Å². The van der Waals surface area contributed by atoms with E-state index >= 15 is 0 Å². The van der Waals surface area contributed by atoms with Crippen LogP contribution in [0.2, 0.25) is 0 Å². The second kappa shape index (κ2) is 7.30. The van der Waals surface area contributed by atoms with Crippen LogP contribution in [0.5, 0.6) is 0 Å². The second-order valence-corrected chi connectivity index (χ2v) is 7.39. The first-order valence-electron chi connectivity index (χ1n) is 8.20. The molecule has 6 heteroatoms. The largest absolute Gasteiger partial charge is 0.378 e. The number of benzene rings is 1. The van der Waals surface area contributed by atoms with Gasteiger partial charge in [0.2, 0.25) is 5.91 Å². The third-order valence-electron chi connectivity index (χ3n) is 4.20. The van der Waals surface area contributed by atoms with Gasteiger partial charge >= 0.3 is 0 Å². The molecule has 0 unspecified atom stereocenters. The normalized spacial score (nSPS) is 13.8. The molecule has 1 fully saturated rings. The Morgan fingerprint density at radius 1 is 1.25 bits per heavy atom. The SMILES string of the molecule is CN(Cc1ccc(N(C)C)cc1)C(=O)CSc1nccn1C1CC1. The summed E-state index contributed by atoms with van der Waals surface area (Å²) in [7, 11) is 5.90. The van der Waals surface area contributed by atoms with E-state index in [9.17, 15) is 4.79 Å². The molecule has 1 amide bonds. The number of imidazole rings is 1. The molecule has 1 heterocycles. The average molecular weight is 344 g/mol. The molecule has 1 aliphatic rings. The van der Waals surface area contributed by atoms with Gasteiger partial charge in [-0.25, -0.2) is 4.98 Å².